The Kier molecular flexibility index (Phi) is 5.99. The summed E-state index contributed by atoms with van der Waals surface area (Å²) in [5.41, 5.74) is 1.33. The summed E-state index contributed by atoms with van der Waals surface area (Å²) in [5.74, 6) is 0.511. The third kappa shape index (κ3) is 3.81. The van der Waals surface area contributed by atoms with Crippen LogP contribution in [-0.2, 0) is 11.2 Å². The second kappa shape index (κ2) is 8.19. The summed E-state index contributed by atoms with van der Waals surface area (Å²) >= 11 is 0. The zero-order valence-electron chi connectivity index (χ0n) is 13.6. The molecule has 4 heteroatoms. The first-order valence-corrected chi connectivity index (χ1v) is 8.01. The van der Waals surface area contributed by atoms with E-state index in [1.807, 2.05) is 30.3 Å². The largest absolute Gasteiger partial charge is 0.462 e. The summed E-state index contributed by atoms with van der Waals surface area (Å²) in [4.78, 5) is 12.3. The molecule has 1 heterocycles. The molecule has 0 fully saturated rings. The van der Waals surface area contributed by atoms with Crippen LogP contribution in [0.2, 0.25) is 0 Å². The Morgan fingerprint density at radius 2 is 1.96 bits per heavy atom. The van der Waals surface area contributed by atoms with Gasteiger partial charge < -0.3 is 9.15 Å². The van der Waals surface area contributed by atoms with Crippen molar-refractivity contribution in [2.75, 3.05) is 6.61 Å². The van der Waals surface area contributed by atoms with Gasteiger partial charge in [0.1, 0.15) is 23.0 Å². The van der Waals surface area contributed by atoms with Crippen LogP contribution in [0, 0.1) is 11.3 Å². The first-order chi connectivity index (χ1) is 11.2. The van der Waals surface area contributed by atoms with E-state index in [0.717, 1.165) is 24.8 Å². The zero-order valence-corrected chi connectivity index (χ0v) is 13.6. The molecule has 23 heavy (non-hydrogen) atoms. The Bertz CT molecular complexity index is 695. The van der Waals surface area contributed by atoms with Gasteiger partial charge in [-0.3, -0.25) is 0 Å². The number of nitrogens with zero attached hydrogens (tertiary/aromatic N) is 1. The molecule has 1 aromatic heterocycles. The molecule has 0 aliphatic heterocycles. The molecule has 120 valence electrons. The highest BCUT2D eigenvalue weighted by molar-refractivity contribution is 5.96. The minimum Gasteiger partial charge on any atom is -0.462 e. The van der Waals surface area contributed by atoms with Crippen molar-refractivity contribution in [3.63, 3.8) is 0 Å². The van der Waals surface area contributed by atoms with Crippen molar-refractivity contribution in [1.29, 1.82) is 5.26 Å². The van der Waals surface area contributed by atoms with Gasteiger partial charge in [0.15, 0.2) is 5.76 Å². The SMILES string of the molecule is CCCCCc1oc(-c2ccccc2)c(C#N)c1C(=O)OCC. The second-order valence-corrected chi connectivity index (χ2v) is 5.26. The standard InChI is InChI=1S/C19H21NO3/c1-3-5-7-12-16-17(19(21)22-4-2)15(13-20)18(23-16)14-10-8-6-9-11-14/h6,8-11H,3-5,7,12H2,1-2H3. The van der Waals surface area contributed by atoms with Crippen LogP contribution in [0.1, 0.15) is 54.8 Å². The maximum atomic E-state index is 12.3. The first-order valence-electron chi connectivity index (χ1n) is 8.01. The lowest BCUT2D eigenvalue weighted by Gasteiger charge is -2.02. The third-order valence-corrected chi connectivity index (χ3v) is 3.62. The molecule has 4 nitrogen and oxygen atoms in total. The number of esters is 1. The smallest absolute Gasteiger partial charge is 0.343 e. The van der Waals surface area contributed by atoms with Gasteiger partial charge >= 0.3 is 5.97 Å². The molecule has 0 amide bonds. The molecule has 0 spiro atoms. The summed E-state index contributed by atoms with van der Waals surface area (Å²) < 4.78 is 11.0. The van der Waals surface area contributed by atoms with E-state index in [0.29, 0.717) is 17.9 Å². The average molecular weight is 311 g/mol. The van der Waals surface area contributed by atoms with Crippen LogP contribution in [0.4, 0.5) is 0 Å². The molecule has 1 aromatic carbocycles. The molecule has 0 atom stereocenters. The molecule has 2 aromatic rings. The fourth-order valence-corrected chi connectivity index (χ4v) is 2.51. The molecule has 0 bridgehead atoms. The fourth-order valence-electron chi connectivity index (χ4n) is 2.51. The number of unbranched alkanes of at least 4 members (excludes halogenated alkanes) is 2. The first kappa shape index (κ1) is 16.8. The van der Waals surface area contributed by atoms with Crippen molar-refractivity contribution in [3.8, 4) is 17.4 Å². The highest BCUT2D eigenvalue weighted by atomic mass is 16.5. The molecular formula is C19H21NO3. The second-order valence-electron chi connectivity index (χ2n) is 5.26. The van der Waals surface area contributed by atoms with E-state index in [9.17, 15) is 10.1 Å². The third-order valence-electron chi connectivity index (χ3n) is 3.62. The van der Waals surface area contributed by atoms with E-state index in [2.05, 4.69) is 13.0 Å². The summed E-state index contributed by atoms with van der Waals surface area (Å²) in [6, 6.07) is 11.5. The Labute approximate surface area is 136 Å². The van der Waals surface area contributed by atoms with Gasteiger partial charge in [-0.1, -0.05) is 50.1 Å². The summed E-state index contributed by atoms with van der Waals surface area (Å²) in [7, 11) is 0. The van der Waals surface area contributed by atoms with Crippen LogP contribution in [0.5, 0.6) is 0 Å². The fraction of sp³-hybridized carbons (Fsp3) is 0.368. The number of rotatable bonds is 7. The molecule has 0 radical (unpaired) electrons. The van der Waals surface area contributed by atoms with Crippen molar-refractivity contribution in [2.24, 2.45) is 0 Å². The average Bonchev–Trinajstić information content (AvgIpc) is 2.95. The van der Waals surface area contributed by atoms with E-state index >= 15 is 0 Å². The number of hydrogen-bond donors (Lipinski definition) is 0. The molecule has 0 saturated heterocycles. The highest BCUT2D eigenvalue weighted by Gasteiger charge is 2.27. The molecule has 0 saturated carbocycles. The van der Waals surface area contributed by atoms with Crippen molar-refractivity contribution in [2.45, 2.75) is 39.5 Å². The van der Waals surface area contributed by atoms with E-state index in [4.69, 9.17) is 9.15 Å². The monoisotopic (exact) mass is 311 g/mol. The lowest BCUT2D eigenvalue weighted by Crippen LogP contribution is -2.08. The Hall–Kier alpha value is -2.54. The number of carbonyl (C=O) groups is 1. The van der Waals surface area contributed by atoms with Gasteiger partial charge in [-0.2, -0.15) is 5.26 Å². The maximum absolute atomic E-state index is 12.3. The molecule has 0 aliphatic rings. The van der Waals surface area contributed by atoms with Crippen molar-refractivity contribution in [1.82, 2.24) is 0 Å². The minimum atomic E-state index is -0.485. The quantitative estimate of drug-likeness (QED) is 0.548. The number of ether oxygens (including phenoxy) is 1. The van der Waals surface area contributed by atoms with Crippen molar-refractivity contribution >= 4 is 5.97 Å². The van der Waals surface area contributed by atoms with Crippen LogP contribution in [0.3, 0.4) is 0 Å². The van der Waals surface area contributed by atoms with Gasteiger partial charge in [0.05, 0.1) is 6.61 Å². The topological polar surface area (TPSA) is 63.2 Å². The highest BCUT2D eigenvalue weighted by Crippen LogP contribution is 2.32. The van der Waals surface area contributed by atoms with Crippen molar-refractivity contribution < 1.29 is 13.9 Å². The van der Waals surface area contributed by atoms with Crippen LogP contribution >= 0.6 is 0 Å². The molecule has 0 aliphatic carbocycles. The molecule has 2 rings (SSSR count). The summed E-state index contributed by atoms with van der Waals surface area (Å²) in [6.45, 7) is 4.13. The summed E-state index contributed by atoms with van der Waals surface area (Å²) in [6.07, 6.45) is 3.66. The van der Waals surface area contributed by atoms with Gasteiger partial charge in [-0.05, 0) is 13.3 Å². The Morgan fingerprint density at radius 1 is 1.22 bits per heavy atom. The van der Waals surface area contributed by atoms with Crippen LogP contribution in [-0.4, -0.2) is 12.6 Å². The van der Waals surface area contributed by atoms with Gasteiger partial charge in [-0.15, -0.1) is 0 Å². The zero-order chi connectivity index (χ0) is 16.7. The van der Waals surface area contributed by atoms with E-state index < -0.39 is 5.97 Å². The lowest BCUT2D eigenvalue weighted by molar-refractivity contribution is 0.0523. The molecular weight excluding hydrogens is 290 g/mol. The predicted octanol–water partition coefficient (Wildman–Crippen LogP) is 4.73. The number of aryl methyl sites for hydroxylation is 1. The number of furan rings is 1. The Morgan fingerprint density at radius 3 is 2.57 bits per heavy atom. The predicted molar refractivity (Wildman–Crippen MR) is 88.0 cm³/mol. The number of nitriles is 1. The normalized spacial score (nSPS) is 10.3. The Balaban J connectivity index is 2.50. The van der Waals surface area contributed by atoms with Crippen LogP contribution in [0.15, 0.2) is 34.7 Å². The van der Waals surface area contributed by atoms with Gasteiger partial charge in [-0.25, -0.2) is 4.79 Å². The van der Waals surface area contributed by atoms with Crippen molar-refractivity contribution in [3.05, 3.63) is 47.2 Å². The molecule has 0 N–H and O–H groups in total. The lowest BCUT2D eigenvalue weighted by atomic mass is 10.0. The van der Waals surface area contributed by atoms with E-state index in [-0.39, 0.29) is 17.7 Å². The van der Waals surface area contributed by atoms with Gasteiger partial charge in [0, 0.05) is 12.0 Å². The van der Waals surface area contributed by atoms with Crippen LogP contribution in [0.25, 0.3) is 11.3 Å². The minimum absolute atomic E-state index is 0.265. The number of benzene rings is 1. The number of carbonyl (C=O) groups excluding carboxylic acids is 1. The van der Waals surface area contributed by atoms with E-state index in [1.165, 1.54) is 0 Å². The van der Waals surface area contributed by atoms with Crippen LogP contribution < -0.4 is 0 Å². The summed E-state index contributed by atoms with van der Waals surface area (Å²) in [5, 5.41) is 9.54. The maximum Gasteiger partial charge on any atom is 0.343 e. The number of hydrogen-bond acceptors (Lipinski definition) is 4. The van der Waals surface area contributed by atoms with Gasteiger partial charge in [0.2, 0.25) is 0 Å². The van der Waals surface area contributed by atoms with E-state index in [1.54, 1.807) is 6.92 Å². The molecule has 0 unspecified atom stereocenters. The van der Waals surface area contributed by atoms with Gasteiger partial charge in [0.25, 0.3) is 0 Å².